The van der Waals surface area contributed by atoms with Crippen molar-refractivity contribution in [1.29, 1.82) is 0 Å². The Bertz CT molecular complexity index is 180. The summed E-state index contributed by atoms with van der Waals surface area (Å²) in [5.41, 5.74) is -0.352. The molecule has 1 aliphatic rings. The van der Waals surface area contributed by atoms with Gasteiger partial charge in [0.15, 0.2) is 5.78 Å². The van der Waals surface area contributed by atoms with Gasteiger partial charge in [-0.2, -0.15) is 0 Å². The second-order valence-electron chi connectivity index (χ2n) is 3.10. The molecule has 2 nitrogen and oxygen atoms in total. The number of carbonyl (C=O) groups excluding carboxylic acids is 1. The lowest BCUT2D eigenvalue weighted by Gasteiger charge is -2.23. The summed E-state index contributed by atoms with van der Waals surface area (Å²) in [6.07, 6.45) is 3.36. The summed E-state index contributed by atoms with van der Waals surface area (Å²) in [5.74, 6) is 0.152. The standard InChI is InChI=1S/C8H12O2/c1-8(2)6(9)4-5-7(8)10-3/h4-5,7H,1-3H3/t7-/m1/s1. The number of hydrogen-bond donors (Lipinski definition) is 0. The molecule has 0 aliphatic heterocycles. The van der Waals surface area contributed by atoms with Gasteiger partial charge in [0.25, 0.3) is 0 Å². The minimum absolute atomic E-state index is 0.0417. The molecule has 0 unspecified atom stereocenters. The van der Waals surface area contributed by atoms with E-state index in [9.17, 15) is 4.79 Å². The summed E-state index contributed by atoms with van der Waals surface area (Å²) in [5, 5.41) is 0. The third-order valence-corrected chi connectivity index (χ3v) is 2.02. The van der Waals surface area contributed by atoms with Crippen LogP contribution in [-0.2, 0) is 9.53 Å². The quantitative estimate of drug-likeness (QED) is 0.546. The van der Waals surface area contributed by atoms with Crippen molar-refractivity contribution in [3.05, 3.63) is 12.2 Å². The first-order chi connectivity index (χ1) is 4.59. The van der Waals surface area contributed by atoms with Crippen molar-refractivity contribution in [2.75, 3.05) is 7.11 Å². The molecule has 1 aliphatic carbocycles. The zero-order valence-electron chi connectivity index (χ0n) is 6.55. The Balaban J connectivity index is 2.82. The first kappa shape index (κ1) is 7.48. The van der Waals surface area contributed by atoms with Gasteiger partial charge in [-0.3, -0.25) is 4.79 Å². The van der Waals surface area contributed by atoms with Crippen LogP contribution in [0.25, 0.3) is 0 Å². The molecule has 0 heterocycles. The van der Waals surface area contributed by atoms with Gasteiger partial charge in [-0.25, -0.2) is 0 Å². The van der Waals surface area contributed by atoms with Gasteiger partial charge >= 0.3 is 0 Å². The lowest BCUT2D eigenvalue weighted by atomic mass is 9.87. The van der Waals surface area contributed by atoms with Crippen LogP contribution < -0.4 is 0 Å². The molecule has 56 valence electrons. The Labute approximate surface area is 60.9 Å². The van der Waals surface area contributed by atoms with E-state index in [1.165, 1.54) is 0 Å². The van der Waals surface area contributed by atoms with Crippen LogP contribution in [0.15, 0.2) is 12.2 Å². The fourth-order valence-electron chi connectivity index (χ4n) is 1.14. The summed E-state index contributed by atoms with van der Waals surface area (Å²) in [6.45, 7) is 3.78. The van der Waals surface area contributed by atoms with Crippen LogP contribution in [0.4, 0.5) is 0 Å². The monoisotopic (exact) mass is 140 g/mol. The van der Waals surface area contributed by atoms with Gasteiger partial charge in [-0.05, 0) is 19.9 Å². The number of carbonyl (C=O) groups is 1. The lowest BCUT2D eigenvalue weighted by Crippen LogP contribution is -2.31. The average Bonchev–Trinajstić information content (AvgIpc) is 2.10. The van der Waals surface area contributed by atoms with Crippen LogP contribution in [0.2, 0.25) is 0 Å². The van der Waals surface area contributed by atoms with Crippen molar-refractivity contribution in [2.24, 2.45) is 5.41 Å². The number of ketones is 1. The Morgan fingerprint density at radius 2 is 2.20 bits per heavy atom. The molecule has 0 N–H and O–H groups in total. The zero-order chi connectivity index (χ0) is 7.78. The molecular weight excluding hydrogens is 128 g/mol. The van der Waals surface area contributed by atoms with E-state index in [1.807, 2.05) is 19.9 Å². The van der Waals surface area contributed by atoms with Gasteiger partial charge in [-0.15, -0.1) is 0 Å². The highest BCUT2D eigenvalue weighted by Gasteiger charge is 2.38. The van der Waals surface area contributed by atoms with Crippen LogP contribution in [0, 0.1) is 5.41 Å². The predicted octanol–water partition coefficient (Wildman–Crippen LogP) is 1.17. The maximum absolute atomic E-state index is 11.1. The molecule has 2 heteroatoms. The molecule has 0 radical (unpaired) electrons. The molecule has 1 atom stereocenters. The van der Waals surface area contributed by atoms with E-state index in [4.69, 9.17) is 4.74 Å². The summed E-state index contributed by atoms with van der Waals surface area (Å²) in [6, 6.07) is 0. The summed E-state index contributed by atoms with van der Waals surface area (Å²) in [7, 11) is 1.62. The zero-order valence-corrected chi connectivity index (χ0v) is 6.55. The van der Waals surface area contributed by atoms with Crippen LogP contribution in [-0.4, -0.2) is 19.0 Å². The van der Waals surface area contributed by atoms with E-state index < -0.39 is 0 Å². The van der Waals surface area contributed by atoms with E-state index in [0.717, 1.165) is 0 Å². The maximum Gasteiger partial charge on any atom is 0.163 e. The molecule has 0 aromatic carbocycles. The molecule has 0 amide bonds. The Hall–Kier alpha value is -0.630. The molecule has 0 saturated heterocycles. The van der Waals surface area contributed by atoms with Crippen molar-refractivity contribution in [3.63, 3.8) is 0 Å². The third-order valence-electron chi connectivity index (χ3n) is 2.02. The molecule has 0 aromatic heterocycles. The first-order valence-electron chi connectivity index (χ1n) is 3.34. The molecule has 0 spiro atoms. The lowest BCUT2D eigenvalue weighted by molar-refractivity contribution is -0.125. The van der Waals surface area contributed by atoms with E-state index in [-0.39, 0.29) is 17.3 Å². The molecule has 10 heavy (non-hydrogen) atoms. The van der Waals surface area contributed by atoms with Gasteiger partial charge in [0, 0.05) is 7.11 Å². The predicted molar refractivity (Wildman–Crippen MR) is 38.7 cm³/mol. The van der Waals surface area contributed by atoms with Gasteiger partial charge in [0.05, 0.1) is 11.5 Å². The van der Waals surface area contributed by atoms with Crippen molar-refractivity contribution >= 4 is 5.78 Å². The number of rotatable bonds is 1. The summed E-state index contributed by atoms with van der Waals surface area (Å²) < 4.78 is 5.09. The number of allylic oxidation sites excluding steroid dienone is 1. The first-order valence-corrected chi connectivity index (χ1v) is 3.34. The minimum Gasteiger partial charge on any atom is -0.376 e. The largest absolute Gasteiger partial charge is 0.376 e. The van der Waals surface area contributed by atoms with E-state index in [0.29, 0.717) is 0 Å². The van der Waals surface area contributed by atoms with Crippen molar-refractivity contribution < 1.29 is 9.53 Å². The number of hydrogen-bond acceptors (Lipinski definition) is 2. The Morgan fingerprint density at radius 1 is 1.60 bits per heavy atom. The fourth-order valence-corrected chi connectivity index (χ4v) is 1.14. The second-order valence-corrected chi connectivity index (χ2v) is 3.10. The maximum atomic E-state index is 11.1. The Morgan fingerprint density at radius 3 is 2.40 bits per heavy atom. The van der Waals surface area contributed by atoms with Gasteiger partial charge in [-0.1, -0.05) is 6.08 Å². The van der Waals surface area contributed by atoms with Crippen LogP contribution in [0.3, 0.4) is 0 Å². The van der Waals surface area contributed by atoms with Crippen LogP contribution >= 0.6 is 0 Å². The second kappa shape index (κ2) is 2.20. The summed E-state index contributed by atoms with van der Waals surface area (Å²) >= 11 is 0. The van der Waals surface area contributed by atoms with Gasteiger partial charge < -0.3 is 4.74 Å². The van der Waals surface area contributed by atoms with Crippen LogP contribution in [0.5, 0.6) is 0 Å². The normalized spacial score (nSPS) is 29.5. The van der Waals surface area contributed by atoms with E-state index >= 15 is 0 Å². The van der Waals surface area contributed by atoms with E-state index in [1.54, 1.807) is 13.2 Å². The fraction of sp³-hybridized carbons (Fsp3) is 0.625. The van der Waals surface area contributed by atoms with Gasteiger partial charge in [0.2, 0.25) is 0 Å². The topological polar surface area (TPSA) is 26.3 Å². The number of ether oxygens (including phenoxy) is 1. The minimum atomic E-state index is -0.352. The average molecular weight is 140 g/mol. The van der Waals surface area contributed by atoms with Crippen molar-refractivity contribution in [3.8, 4) is 0 Å². The third kappa shape index (κ3) is 0.886. The highest BCUT2D eigenvalue weighted by molar-refractivity contribution is 5.97. The highest BCUT2D eigenvalue weighted by atomic mass is 16.5. The van der Waals surface area contributed by atoms with Crippen LogP contribution in [0.1, 0.15) is 13.8 Å². The van der Waals surface area contributed by atoms with Gasteiger partial charge in [0.1, 0.15) is 0 Å². The Kier molecular flexibility index (Phi) is 1.65. The molecule has 0 fully saturated rings. The summed E-state index contributed by atoms with van der Waals surface area (Å²) in [4.78, 5) is 11.1. The molecule has 0 saturated carbocycles. The number of methoxy groups -OCH3 is 1. The SMILES string of the molecule is CO[C@@H]1C=CC(=O)C1(C)C. The highest BCUT2D eigenvalue weighted by Crippen LogP contribution is 2.30. The van der Waals surface area contributed by atoms with Crippen molar-refractivity contribution in [2.45, 2.75) is 20.0 Å². The van der Waals surface area contributed by atoms with E-state index in [2.05, 4.69) is 0 Å². The molecule has 0 bridgehead atoms. The molecular formula is C8H12O2. The smallest absolute Gasteiger partial charge is 0.163 e. The van der Waals surface area contributed by atoms with Crippen molar-refractivity contribution in [1.82, 2.24) is 0 Å². The molecule has 1 rings (SSSR count). The molecule has 0 aromatic rings.